The van der Waals surface area contributed by atoms with Gasteiger partial charge in [0.25, 0.3) is 0 Å². The largest absolute Gasteiger partial charge is 0.381 e. The normalized spacial score (nSPS) is 29.1. The third-order valence-corrected chi connectivity index (χ3v) is 5.30. The highest BCUT2D eigenvalue weighted by Gasteiger charge is 2.40. The molecule has 0 aliphatic carbocycles. The average molecular weight is 240 g/mol. The zero-order valence-electron chi connectivity index (χ0n) is 11.5. The molecule has 0 aromatic heterocycles. The quantitative estimate of drug-likeness (QED) is 0.820. The molecule has 0 aromatic rings. The van der Waals surface area contributed by atoms with E-state index in [0.717, 1.165) is 32.6 Å². The lowest BCUT2D eigenvalue weighted by Crippen LogP contribution is -2.59. The van der Waals surface area contributed by atoms with E-state index in [9.17, 15) is 0 Å². The molecule has 0 bridgehead atoms. The van der Waals surface area contributed by atoms with Crippen LogP contribution in [0.25, 0.3) is 0 Å². The molecule has 2 aliphatic rings. The van der Waals surface area contributed by atoms with E-state index in [1.807, 2.05) is 0 Å². The van der Waals surface area contributed by atoms with E-state index in [4.69, 9.17) is 10.5 Å². The summed E-state index contributed by atoms with van der Waals surface area (Å²) in [6.07, 6.45) is 6.19. The Balaban J connectivity index is 1.98. The number of nitrogens with zero attached hydrogens (tertiary/aromatic N) is 1. The Morgan fingerprint density at radius 3 is 2.18 bits per heavy atom. The molecule has 0 radical (unpaired) electrons. The predicted octanol–water partition coefficient (Wildman–Crippen LogP) is 2.01. The van der Waals surface area contributed by atoms with Gasteiger partial charge in [0.15, 0.2) is 0 Å². The Bertz CT molecular complexity index is 241. The first-order valence-corrected chi connectivity index (χ1v) is 7.17. The van der Waals surface area contributed by atoms with Crippen molar-refractivity contribution in [2.45, 2.75) is 51.5 Å². The van der Waals surface area contributed by atoms with E-state index in [1.165, 1.54) is 32.4 Å². The van der Waals surface area contributed by atoms with E-state index in [0.29, 0.717) is 5.41 Å². The van der Waals surface area contributed by atoms with E-state index in [-0.39, 0.29) is 5.54 Å². The van der Waals surface area contributed by atoms with E-state index < -0.39 is 0 Å². The maximum absolute atomic E-state index is 6.07. The van der Waals surface area contributed by atoms with Crippen LogP contribution in [0.2, 0.25) is 0 Å². The second-order valence-electron chi connectivity index (χ2n) is 6.19. The fraction of sp³-hybridized carbons (Fsp3) is 1.00. The number of likely N-dealkylation sites (tertiary alicyclic amines) is 1. The van der Waals surface area contributed by atoms with Crippen LogP contribution >= 0.6 is 0 Å². The lowest BCUT2D eigenvalue weighted by molar-refractivity contribution is -0.0474. The molecule has 2 rings (SSSR count). The van der Waals surface area contributed by atoms with E-state index >= 15 is 0 Å². The zero-order valence-corrected chi connectivity index (χ0v) is 11.5. The third kappa shape index (κ3) is 2.67. The van der Waals surface area contributed by atoms with Crippen LogP contribution in [0.4, 0.5) is 0 Å². The molecule has 2 heterocycles. The molecule has 17 heavy (non-hydrogen) atoms. The lowest BCUT2D eigenvalue weighted by atomic mass is 9.76. The molecule has 2 fully saturated rings. The van der Waals surface area contributed by atoms with Crippen LogP contribution in [0, 0.1) is 5.41 Å². The molecule has 0 saturated carbocycles. The molecular weight excluding hydrogens is 212 g/mol. The number of nitrogens with two attached hydrogens (primary N) is 1. The van der Waals surface area contributed by atoms with Crippen molar-refractivity contribution in [3.8, 4) is 0 Å². The highest BCUT2D eigenvalue weighted by atomic mass is 16.5. The molecule has 0 amide bonds. The van der Waals surface area contributed by atoms with Crippen molar-refractivity contribution in [3.05, 3.63) is 0 Å². The van der Waals surface area contributed by atoms with Gasteiger partial charge in [-0.25, -0.2) is 0 Å². The minimum Gasteiger partial charge on any atom is -0.381 e. The molecule has 0 aromatic carbocycles. The summed E-state index contributed by atoms with van der Waals surface area (Å²) in [7, 11) is 0. The number of hydrogen-bond acceptors (Lipinski definition) is 3. The molecule has 0 unspecified atom stereocenters. The molecule has 2 N–H and O–H groups in total. The summed E-state index contributed by atoms with van der Waals surface area (Å²) < 4.78 is 5.50. The van der Waals surface area contributed by atoms with Crippen molar-refractivity contribution in [1.29, 1.82) is 0 Å². The second kappa shape index (κ2) is 5.25. The highest BCUT2D eigenvalue weighted by Crippen LogP contribution is 2.38. The third-order valence-electron chi connectivity index (χ3n) is 5.30. The Hall–Kier alpha value is -0.120. The molecule has 0 spiro atoms. The Kier molecular flexibility index (Phi) is 4.11. The first kappa shape index (κ1) is 13.3. The topological polar surface area (TPSA) is 38.5 Å². The first-order valence-electron chi connectivity index (χ1n) is 7.17. The van der Waals surface area contributed by atoms with Crippen molar-refractivity contribution >= 4 is 0 Å². The molecule has 2 saturated heterocycles. The Morgan fingerprint density at radius 2 is 1.71 bits per heavy atom. The van der Waals surface area contributed by atoms with Gasteiger partial charge in [0, 0.05) is 25.3 Å². The van der Waals surface area contributed by atoms with Crippen LogP contribution in [0.1, 0.15) is 46.0 Å². The maximum Gasteiger partial charge on any atom is 0.0484 e. The van der Waals surface area contributed by atoms with E-state index in [1.54, 1.807) is 0 Å². The molecule has 2 aliphatic heterocycles. The SMILES string of the molecule is CCC1(C)CCN(C2(CN)CCOCC2)CC1. The van der Waals surface area contributed by atoms with Gasteiger partial charge in [0.1, 0.15) is 0 Å². The van der Waals surface area contributed by atoms with Crippen LogP contribution in [0.5, 0.6) is 0 Å². The monoisotopic (exact) mass is 240 g/mol. The standard InChI is InChI=1S/C14H28N2O/c1-3-13(2)4-8-16(9-5-13)14(12-15)6-10-17-11-7-14/h3-12,15H2,1-2H3. The fourth-order valence-electron chi connectivity index (χ4n) is 3.28. The lowest BCUT2D eigenvalue weighted by Gasteiger charge is -2.50. The van der Waals surface area contributed by atoms with Gasteiger partial charge in [-0.1, -0.05) is 20.3 Å². The van der Waals surface area contributed by atoms with Crippen LogP contribution < -0.4 is 5.73 Å². The summed E-state index contributed by atoms with van der Waals surface area (Å²) in [5.74, 6) is 0. The Labute approximate surface area is 106 Å². The summed E-state index contributed by atoms with van der Waals surface area (Å²) >= 11 is 0. The molecular formula is C14H28N2O. The van der Waals surface area contributed by atoms with Crippen molar-refractivity contribution in [2.75, 3.05) is 32.8 Å². The van der Waals surface area contributed by atoms with Crippen molar-refractivity contribution in [1.82, 2.24) is 4.90 Å². The van der Waals surface area contributed by atoms with Crippen molar-refractivity contribution in [2.24, 2.45) is 11.1 Å². The van der Waals surface area contributed by atoms with Crippen LogP contribution in [-0.4, -0.2) is 43.3 Å². The van der Waals surface area contributed by atoms with Gasteiger partial charge in [0.2, 0.25) is 0 Å². The summed E-state index contributed by atoms with van der Waals surface area (Å²) in [6.45, 7) is 9.77. The molecule has 100 valence electrons. The highest BCUT2D eigenvalue weighted by molar-refractivity contribution is 4.96. The van der Waals surface area contributed by atoms with Crippen LogP contribution in [0.15, 0.2) is 0 Å². The fourth-order valence-corrected chi connectivity index (χ4v) is 3.28. The average Bonchev–Trinajstić information content (AvgIpc) is 2.40. The van der Waals surface area contributed by atoms with Crippen molar-refractivity contribution in [3.63, 3.8) is 0 Å². The predicted molar refractivity (Wildman–Crippen MR) is 71.0 cm³/mol. The molecule has 3 heteroatoms. The number of hydrogen-bond donors (Lipinski definition) is 1. The summed E-state index contributed by atoms with van der Waals surface area (Å²) in [4.78, 5) is 2.66. The summed E-state index contributed by atoms with van der Waals surface area (Å²) in [5.41, 5.74) is 6.88. The number of rotatable bonds is 3. The van der Waals surface area contributed by atoms with Gasteiger partial charge < -0.3 is 10.5 Å². The van der Waals surface area contributed by atoms with Gasteiger partial charge in [-0.3, -0.25) is 4.90 Å². The second-order valence-corrected chi connectivity index (χ2v) is 6.19. The number of ether oxygens (including phenoxy) is 1. The number of piperidine rings is 1. The molecule has 3 nitrogen and oxygen atoms in total. The first-order chi connectivity index (χ1) is 8.14. The Morgan fingerprint density at radius 1 is 1.12 bits per heavy atom. The van der Waals surface area contributed by atoms with E-state index in [2.05, 4.69) is 18.7 Å². The van der Waals surface area contributed by atoms with Gasteiger partial charge in [-0.15, -0.1) is 0 Å². The van der Waals surface area contributed by atoms with Gasteiger partial charge in [-0.05, 0) is 44.2 Å². The van der Waals surface area contributed by atoms with Crippen molar-refractivity contribution < 1.29 is 4.74 Å². The van der Waals surface area contributed by atoms with Gasteiger partial charge >= 0.3 is 0 Å². The van der Waals surface area contributed by atoms with Crippen LogP contribution in [-0.2, 0) is 4.74 Å². The smallest absolute Gasteiger partial charge is 0.0484 e. The zero-order chi connectivity index (χ0) is 12.4. The van der Waals surface area contributed by atoms with Gasteiger partial charge in [-0.2, -0.15) is 0 Å². The minimum absolute atomic E-state index is 0.243. The minimum atomic E-state index is 0.243. The molecule has 0 atom stereocenters. The summed E-state index contributed by atoms with van der Waals surface area (Å²) in [5, 5.41) is 0. The van der Waals surface area contributed by atoms with Crippen LogP contribution in [0.3, 0.4) is 0 Å². The van der Waals surface area contributed by atoms with Gasteiger partial charge in [0.05, 0.1) is 0 Å². The maximum atomic E-state index is 6.07. The summed E-state index contributed by atoms with van der Waals surface area (Å²) in [6, 6.07) is 0.